The van der Waals surface area contributed by atoms with Gasteiger partial charge in [0.25, 0.3) is 11.8 Å². The number of amides is 3. The number of rotatable bonds is 10. The molecule has 5 aromatic carbocycles. The fourth-order valence-electron chi connectivity index (χ4n) is 9.02. The minimum Gasteiger partial charge on any atom is -0.395 e. The number of ether oxygens (including phenoxy) is 1. The predicted molar refractivity (Wildman–Crippen MR) is 204 cm³/mol. The summed E-state index contributed by atoms with van der Waals surface area (Å²) in [5, 5.41) is 23.5. The Hall–Kier alpha value is -5.35. The standard InChI is InChI=1S/C44H43N3O6/c1-28-40(43(2,3)52)37(25-38(49)45(22-23-48)26-29-12-6-4-7-13-29)53-44(28)34-24-32(20-21-35(34)46(42(44)51)27-30-14-8-5-9-15-30)47-36-19-11-17-31-16-10-18-33(39(31)36)41(47)50/h4-21,24,28,37,40,48,52H,22-23,25-27H2,1-3H3/t28-,37+,40-,44+/m0/s1. The molecule has 0 aliphatic carbocycles. The zero-order valence-corrected chi connectivity index (χ0v) is 30.1. The van der Waals surface area contributed by atoms with Crippen molar-refractivity contribution in [2.75, 3.05) is 23.0 Å². The highest BCUT2D eigenvalue weighted by Crippen LogP contribution is 2.59. The fraction of sp³-hybridized carbons (Fsp3) is 0.295. The average molecular weight is 710 g/mol. The molecule has 0 saturated carbocycles. The highest BCUT2D eigenvalue weighted by molar-refractivity contribution is 6.28. The number of aliphatic hydroxyl groups excluding tert-OH is 1. The van der Waals surface area contributed by atoms with Gasteiger partial charge in [0.15, 0.2) is 5.60 Å². The Balaban J connectivity index is 1.22. The van der Waals surface area contributed by atoms with Crippen molar-refractivity contribution in [1.29, 1.82) is 0 Å². The lowest BCUT2D eigenvalue weighted by Crippen LogP contribution is -2.46. The van der Waals surface area contributed by atoms with Crippen LogP contribution in [0.25, 0.3) is 10.8 Å². The summed E-state index contributed by atoms with van der Waals surface area (Å²) in [6, 6.07) is 36.5. The number of benzene rings is 5. The summed E-state index contributed by atoms with van der Waals surface area (Å²) in [4.78, 5) is 48.3. The van der Waals surface area contributed by atoms with Crippen LogP contribution in [0.1, 0.15) is 54.2 Å². The van der Waals surface area contributed by atoms with E-state index in [4.69, 9.17) is 4.74 Å². The van der Waals surface area contributed by atoms with Gasteiger partial charge in [-0.25, -0.2) is 0 Å². The minimum absolute atomic E-state index is 0.101. The van der Waals surface area contributed by atoms with Crippen molar-refractivity contribution in [1.82, 2.24) is 4.90 Å². The minimum atomic E-state index is -1.56. The van der Waals surface area contributed by atoms with E-state index in [9.17, 15) is 19.8 Å². The average Bonchev–Trinajstić information content (AvgIpc) is 3.70. The monoisotopic (exact) mass is 709 g/mol. The van der Waals surface area contributed by atoms with Crippen LogP contribution in [0.5, 0.6) is 0 Å². The Bertz CT molecular complexity index is 2210. The molecule has 3 amide bonds. The van der Waals surface area contributed by atoms with Crippen molar-refractivity contribution in [3.05, 3.63) is 138 Å². The topological polar surface area (TPSA) is 111 Å². The molecule has 270 valence electrons. The summed E-state index contributed by atoms with van der Waals surface area (Å²) in [7, 11) is 0. The van der Waals surface area contributed by atoms with Crippen molar-refractivity contribution in [2.45, 2.75) is 57.6 Å². The van der Waals surface area contributed by atoms with Gasteiger partial charge in [0, 0.05) is 41.6 Å². The summed E-state index contributed by atoms with van der Waals surface area (Å²) < 4.78 is 7.02. The van der Waals surface area contributed by atoms with Crippen LogP contribution in [-0.4, -0.2) is 57.7 Å². The fourth-order valence-corrected chi connectivity index (χ4v) is 9.02. The number of hydrogen-bond donors (Lipinski definition) is 2. The predicted octanol–water partition coefficient (Wildman–Crippen LogP) is 6.71. The Morgan fingerprint density at radius 3 is 2.23 bits per heavy atom. The van der Waals surface area contributed by atoms with Crippen LogP contribution in [0, 0.1) is 11.8 Å². The number of nitrogens with zero attached hydrogens (tertiary/aromatic N) is 3. The quantitative estimate of drug-likeness (QED) is 0.167. The SMILES string of the molecule is C[C@H]1[C@H](C(C)(C)O)[C@@H](CC(=O)N(CCO)Cc2ccccc2)O[C@]12C(=O)N(Cc1ccccc1)c1ccc(N3C(=O)c4cccc5cccc3c45)cc12. The molecule has 5 aromatic rings. The molecule has 8 rings (SSSR count). The first kappa shape index (κ1) is 34.7. The van der Waals surface area contributed by atoms with Gasteiger partial charge >= 0.3 is 0 Å². The zero-order valence-electron chi connectivity index (χ0n) is 30.1. The van der Waals surface area contributed by atoms with E-state index in [0.717, 1.165) is 27.6 Å². The van der Waals surface area contributed by atoms with E-state index in [1.54, 1.807) is 28.5 Å². The van der Waals surface area contributed by atoms with E-state index in [1.807, 2.05) is 122 Å². The van der Waals surface area contributed by atoms with Gasteiger partial charge in [-0.05, 0) is 60.7 Å². The third-order valence-corrected chi connectivity index (χ3v) is 11.3. The second-order valence-electron chi connectivity index (χ2n) is 15.0. The highest BCUT2D eigenvalue weighted by Gasteiger charge is 2.66. The zero-order chi connectivity index (χ0) is 37.1. The number of fused-ring (bicyclic) bond motifs is 2. The largest absolute Gasteiger partial charge is 0.395 e. The number of anilines is 3. The van der Waals surface area contributed by atoms with Crippen LogP contribution in [-0.2, 0) is 33.0 Å². The van der Waals surface area contributed by atoms with Crippen LogP contribution in [0.3, 0.4) is 0 Å². The van der Waals surface area contributed by atoms with Gasteiger partial charge in [-0.2, -0.15) is 0 Å². The summed E-state index contributed by atoms with van der Waals surface area (Å²) in [5.41, 5.74) is 2.20. The van der Waals surface area contributed by atoms with Gasteiger partial charge in [0.05, 0.1) is 48.2 Å². The van der Waals surface area contributed by atoms with Gasteiger partial charge < -0.3 is 24.7 Å². The van der Waals surface area contributed by atoms with Crippen LogP contribution in [0.4, 0.5) is 17.1 Å². The molecule has 0 aromatic heterocycles. The molecule has 3 aliphatic heterocycles. The van der Waals surface area contributed by atoms with E-state index >= 15 is 4.79 Å². The summed E-state index contributed by atoms with van der Waals surface area (Å²) in [6.45, 7) is 5.82. The van der Waals surface area contributed by atoms with Crippen molar-refractivity contribution in [3.8, 4) is 0 Å². The van der Waals surface area contributed by atoms with E-state index in [-0.39, 0.29) is 43.8 Å². The molecule has 3 aliphatic rings. The molecular weight excluding hydrogens is 666 g/mol. The molecule has 0 bridgehead atoms. The van der Waals surface area contributed by atoms with Crippen molar-refractivity contribution < 1.29 is 29.3 Å². The highest BCUT2D eigenvalue weighted by atomic mass is 16.5. The number of aliphatic hydroxyl groups is 2. The first-order valence-electron chi connectivity index (χ1n) is 18.2. The third kappa shape index (κ3) is 5.71. The van der Waals surface area contributed by atoms with E-state index in [1.165, 1.54) is 0 Å². The normalized spacial score (nSPS) is 21.9. The van der Waals surface area contributed by atoms with Gasteiger partial charge in [0.1, 0.15) is 0 Å². The molecular formula is C44H43N3O6. The molecule has 9 nitrogen and oxygen atoms in total. The van der Waals surface area contributed by atoms with E-state index in [0.29, 0.717) is 29.0 Å². The van der Waals surface area contributed by atoms with Crippen LogP contribution < -0.4 is 9.80 Å². The first-order valence-corrected chi connectivity index (χ1v) is 18.2. The molecule has 1 fully saturated rings. The van der Waals surface area contributed by atoms with Gasteiger partial charge in [0.2, 0.25) is 5.91 Å². The Morgan fingerprint density at radius 1 is 0.868 bits per heavy atom. The lowest BCUT2D eigenvalue weighted by atomic mass is 9.70. The van der Waals surface area contributed by atoms with Gasteiger partial charge in [-0.3, -0.25) is 19.3 Å². The van der Waals surface area contributed by atoms with Crippen LogP contribution >= 0.6 is 0 Å². The van der Waals surface area contributed by atoms with Gasteiger partial charge in [-0.1, -0.05) is 91.9 Å². The third-order valence-electron chi connectivity index (χ3n) is 11.3. The van der Waals surface area contributed by atoms with E-state index < -0.39 is 29.1 Å². The smallest absolute Gasteiger partial charge is 0.264 e. The molecule has 9 heteroatoms. The summed E-state index contributed by atoms with van der Waals surface area (Å²) in [5.74, 6) is -1.88. The number of carbonyl (C=O) groups excluding carboxylic acids is 3. The maximum atomic E-state index is 15.1. The molecule has 4 atom stereocenters. The second kappa shape index (κ2) is 13.3. The first-order chi connectivity index (χ1) is 25.5. The summed E-state index contributed by atoms with van der Waals surface area (Å²) >= 11 is 0. The maximum Gasteiger partial charge on any atom is 0.264 e. The Kier molecular flexibility index (Phi) is 8.68. The molecule has 0 unspecified atom stereocenters. The second-order valence-corrected chi connectivity index (χ2v) is 15.0. The number of carbonyl (C=O) groups is 3. The molecule has 2 N–H and O–H groups in total. The van der Waals surface area contributed by atoms with Crippen molar-refractivity contribution in [3.63, 3.8) is 0 Å². The maximum absolute atomic E-state index is 15.1. The molecule has 1 saturated heterocycles. The lowest BCUT2D eigenvalue weighted by Gasteiger charge is -2.34. The Labute approximate surface area is 309 Å². The van der Waals surface area contributed by atoms with Crippen molar-refractivity contribution >= 4 is 45.6 Å². The van der Waals surface area contributed by atoms with Crippen LogP contribution in [0.15, 0.2) is 115 Å². The molecule has 0 radical (unpaired) electrons. The van der Waals surface area contributed by atoms with Gasteiger partial charge in [-0.15, -0.1) is 0 Å². The summed E-state index contributed by atoms with van der Waals surface area (Å²) in [6.07, 6.45) is -0.936. The lowest BCUT2D eigenvalue weighted by molar-refractivity contribution is -0.150. The Morgan fingerprint density at radius 2 is 1.55 bits per heavy atom. The molecule has 53 heavy (non-hydrogen) atoms. The van der Waals surface area contributed by atoms with E-state index in [2.05, 4.69) is 0 Å². The van der Waals surface area contributed by atoms with Crippen LogP contribution in [0.2, 0.25) is 0 Å². The number of hydrogen-bond acceptors (Lipinski definition) is 6. The van der Waals surface area contributed by atoms with Crippen molar-refractivity contribution in [2.24, 2.45) is 11.8 Å². The molecule has 1 spiro atoms. The molecule has 3 heterocycles.